The summed E-state index contributed by atoms with van der Waals surface area (Å²) >= 11 is 13.3. The molecular weight excluding hydrogens is 628 g/mol. The lowest BCUT2D eigenvalue weighted by Gasteiger charge is -2.05. The van der Waals surface area contributed by atoms with Crippen molar-refractivity contribution < 1.29 is 13.6 Å². The molecule has 0 bridgehead atoms. The Kier molecular flexibility index (Phi) is 5.20. The first-order valence-corrected chi connectivity index (χ1v) is 10.8. The molecule has 0 amide bonds. The van der Waals surface area contributed by atoms with Gasteiger partial charge in [-0.1, -0.05) is 31.9 Å². The second-order valence-electron chi connectivity index (χ2n) is 5.84. The summed E-state index contributed by atoms with van der Waals surface area (Å²) < 4.78 is 13.2. The van der Waals surface area contributed by atoms with E-state index >= 15 is 0 Å². The van der Waals surface area contributed by atoms with Crippen molar-refractivity contribution in [3.8, 4) is 0 Å². The fraction of sp³-hybridized carbons (Fsp3) is 0. The minimum Gasteiger partial charge on any atom is -0.421 e. The predicted molar refractivity (Wildman–Crippen MR) is 119 cm³/mol. The highest BCUT2D eigenvalue weighted by Gasteiger charge is 2.22. The number of fused-ring (bicyclic) bond motifs is 2. The SMILES string of the molecule is O=C(c1cc2cc(Br)cc(Br)c2oc1=O)c1cc2cc(Br)cc(Br)c2oc1=O. The Bertz CT molecular complexity index is 1310. The quantitative estimate of drug-likeness (QED) is 0.195. The summed E-state index contributed by atoms with van der Waals surface area (Å²) in [4.78, 5) is 37.7. The van der Waals surface area contributed by atoms with Gasteiger partial charge in [0.05, 0.1) is 8.95 Å². The Morgan fingerprint density at radius 3 is 1.43 bits per heavy atom. The van der Waals surface area contributed by atoms with Crippen LogP contribution in [0, 0.1) is 0 Å². The van der Waals surface area contributed by atoms with Crippen molar-refractivity contribution >= 4 is 91.4 Å². The van der Waals surface area contributed by atoms with Crippen molar-refractivity contribution in [3.05, 3.63) is 86.3 Å². The van der Waals surface area contributed by atoms with Crippen molar-refractivity contribution in [2.75, 3.05) is 0 Å². The summed E-state index contributed by atoms with van der Waals surface area (Å²) in [7, 11) is 0. The zero-order valence-electron chi connectivity index (χ0n) is 13.5. The minimum absolute atomic E-state index is 0.252. The molecule has 9 heteroatoms. The standard InChI is InChI=1S/C19H6Br4O5/c20-9-1-7-3-11(18(25)27-16(7)13(22)5-9)15(24)12-4-8-2-10(21)6-14(23)17(8)28-19(12)26/h1-6H. The van der Waals surface area contributed by atoms with Crippen molar-refractivity contribution in [2.24, 2.45) is 0 Å². The van der Waals surface area contributed by atoms with Gasteiger partial charge in [0.2, 0.25) is 5.78 Å². The predicted octanol–water partition coefficient (Wildman–Crippen LogP) is 6.18. The van der Waals surface area contributed by atoms with Crippen LogP contribution >= 0.6 is 63.7 Å². The van der Waals surface area contributed by atoms with E-state index in [0.29, 0.717) is 30.9 Å². The van der Waals surface area contributed by atoms with Gasteiger partial charge < -0.3 is 8.83 Å². The van der Waals surface area contributed by atoms with Gasteiger partial charge in [-0.25, -0.2) is 9.59 Å². The molecule has 0 atom stereocenters. The molecule has 0 spiro atoms. The van der Waals surface area contributed by atoms with Crippen LogP contribution in [0.3, 0.4) is 0 Å². The minimum atomic E-state index is -0.838. The number of rotatable bonds is 2. The maximum Gasteiger partial charge on any atom is 0.347 e. The van der Waals surface area contributed by atoms with Crippen molar-refractivity contribution in [1.82, 2.24) is 0 Å². The fourth-order valence-electron chi connectivity index (χ4n) is 2.78. The molecule has 0 fully saturated rings. The Morgan fingerprint density at radius 2 is 1.04 bits per heavy atom. The fourth-order valence-corrected chi connectivity index (χ4v) is 5.45. The third-order valence-electron chi connectivity index (χ3n) is 3.99. The van der Waals surface area contributed by atoms with Crippen LogP contribution in [-0.2, 0) is 0 Å². The van der Waals surface area contributed by atoms with Gasteiger partial charge >= 0.3 is 11.3 Å². The maximum absolute atomic E-state index is 12.9. The Hall–Kier alpha value is -1.55. The molecule has 2 aromatic heterocycles. The molecule has 0 saturated carbocycles. The van der Waals surface area contributed by atoms with Gasteiger partial charge in [-0.2, -0.15) is 0 Å². The number of halogens is 4. The molecule has 0 unspecified atom stereocenters. The summed E-state index contributed by atoms with van der Waals surface area (Å²) in [5.41, 5.74) is -1.56. The van der Waals surface area contributed by atoms with Gasteiger partial charge in [-0.05, 0) is 68.3 Å². The first-order valence-electron chi connectivity index (χ1n) is 7.65. The third kappa shape index (κ3) is 3.45. The number of hydrogen-bond donors (Lipinski definition) is 0. The van der Waals surface area contributed by atoms with Crippen LogP contribution in [-0.4, -0.2) is 5.78 Å². The van der Waals surface area contributed by atoms with Gasteiger partial charge in [0.25, 0.3) is 0 Å². The second-order valence-corrected chi connectivity index (χ2v) is 9.38. The number of hydrogen-bond acceptors (Lipinski definition) is 5. The Balaban J connectivity index is 1.95. The summed E-state index contributed by atoms with van der Waals surface area (Å²) in [5.74, 6) is -0.765. The molecule has 0 aliphatic heterocycles. The lowest BCUT2D eigenvalue weighted by Crippen LogP contribution is -2.21. The third-order valence-corrected chi connectivity index (χ3v) is 6.09. The molecular formula is C19H6Br4O5. The molecule has 0 saturated heterocycles. The van der Waals surface area contributed by atoms with E-state index in [-0.39, 0.29) is 11.1 Å². The van der Waals surface area contributed by atoms with Gasteiger partial charge in [-0.15, -0.1) is 0 Å². The van der Waals surface area contributed by atoms with Gasteiger partial charge in [0.1, 0.15) is 11.1 Å². The lowest BCUT2D eigenvalue weighted by molar-refractivity contribution is 0.103. The molecule has 0 radical (unpaired) electrons. The second kappa shape index (κ2) is 7.37. The lowest BCUT2D eigenvalue weighted by atomic mass is 10.0. The molecule has 2 heterocycles. The van der Waals surface area contributed by atoms with Crippen molar-refractivity contribution in [1.29, 1.82) is 0 Å². The van der Waals surface area contributed by atoms with Crippen LogP contribution in [0.4, 0.5) is 0 Å². The highest BCUT2D eigenvalue weighted by molar-refractivity contribution is 9.11. The maximum atomic E-state index is 12.9. The summed E-state index contributed by atoms with van der Waals surface area (Å²) in [6, 6.07) is 9.66. The zero-order chi connectivity index (χ0) is 20.2. The van der Waals surface area contributed by atoms with E-state index in [9.17, 15) is 14.4 Å². The molecule has 2 aromatic carbocycles. The van der Waals surface area contributed by atoms with Crippen LogP contribution in [0.5, 0.6) is 0 Å². The summed E-state index contributed by atoms with van der Waals surface area (Å²) in [5, 5.41) is 1.06. The van der Waals surface area contributed by atoms with Gasteiger partial charge in [-0.3, -0.25) is 4.79 Å². The summed E-state index contributed by atoms with van der Waals surface area (Å²) in [6.45, 7) is 0. The Morgan fingerprint density at radius 1 is 0.643 bits per heavy atom. The number of ketones is 1. The molecule has 140 valence electrons. The molecule has 4 rings (SSSR count). The largest absolute Gasteiger partial charge is 0.421 e. The van der Waals surface area contributed by atoms with Crippen LogP contribution < -0.4 is 11.3 Å². The molecule has 0 aliphatic carbocycles. The summed E-state index contributed by atoms with van der Waals surface area (Å²) in [6.07, 6.45) is 0. The molecule has 28 heavy (non-hydrogen) atoms. The first kappa shape index (κ1) is 19.8. The van der Waals surface area contributed by atoms with Crippen molar-refractivity contribution in [3.63, 3.8) is 0 Å². The van der Waals surface area contributed by atoms with Crippen molar-refractivity contribution in [2.45, 2.75) is 0 Å². The molecule has 4 aromatic rings. The van der Waals surface area contributed by atoms with E-state index in [4.69, 9.17) is 8.83 Å². The Labute approximate surface area is 190 Å². The number of carbonyl (C=O) groups excluding carboxylic acids is 1. The van der Waals surface area contributed by atoms with E-state index in [1.165, 1.54) is 12.1 Å². The highest BCUT2D eigenvalue weighted by Crippen LogP contribution is 2.30. The number of carbonyl (C=O) groups is 1. The normalized spacial score (nSPS) is 11.3. The average Bonchev–Trinajstić information content (AvgIpc) is 2.61. The van der Waals surface area contributed by atoms with Crippen LogP contribution in [0.15, 0.2) is 72.7 Å². The molecule has 0 N–H and O–H groups in total. The van der Waals surface area contributed by atoms with E-state index in [1.807, 2.05) is 0 Å². The smallest absolute Gasteiger partial charge is 0.347 e. The molecule has 5 nitrogen and oxygen atoms in total. The van der Waals surface area contributed by atoms with E-state index < -0.39 is 17.0 Å². The van der Waals surface area contributed by atoms with Gasteiger partial charge in [0, 0.05) is 19.7 Å². The monoisotopic (exact) mass is 630 g/mol. The van der Waals surface area contributed by atoms with Crippen LogP contribution in [0.2, 0.25) is 0 Å². The van der Waals surface area contributed by atoms with E-state index in [1.54, 1.807) is 24.3 Å². The van der Waals surface area contributed by atoms with Crippen LogP contribution in [0.25, 0.3) is 21.9 Å². The zero-order valence-corrected chi connectivity index (χ0v) is 19.9. The van der Waals surface area contributed by atoms with E-state index in [0.717, 1.165) is 8.95 Å². The topological polar surface area (TPSA) is 77.5 Å². The first-order chi connectivity index (χ1) is 13.2. The van der Waals surface area contributed by atoms with Crippen LogP contribution in [0.1, 0.15) is 15.9 Å². The van der Waals surface area contributed by atoms with Gasteiger partial charge in [0.15, 0.2) is 11.2 Å². The highest BCUT2D eigenvalue weighted by atomic mass is 79.9. The van der Waals surface area contributed by atoms with E-state index in [2.05, 4.69) is 63.7 Å². The molecule has 0 aliphatic rings. The average molecular weight is 634 g/mol. The number of benzene rings is 2.